The number of alkyl halides is 3. The number of hydrogen-bond donors (Lipinski definition) is 0. The van der Waals surface area contributed by atoms with Crippen molar-refractivity contribution in [3.8, 4) is 11.5 Å². The highest BCUT2D eigenvalue weighted by atomic mass is 35.5. The van der Waals surface area contributed by atoms with Gasteiger partial charge in [0.15, 0.2) is 6.61 Å². The van der Waals surface area contributed by atoms with Crippen molar-refractivity contribution in [3.05, 3.63) is 58.1 Å². The topological polar surface area (TPSA) is 48.0 Å². The largest absolute Gasteiger partial charge is 0.487 e. The van der Waals surface area contributed by atoms with Gasteiger partial charge in [-0.05, 0) is 92.7 Å². The summed E-state index contributed by atoms with van der Waals surface area (Å²) >= 11 is 6.22. The van der Waals surface area contributed by atoms with Crippen molar-refractivity contribution in [1.82, 2.24) is 4.90 Å². The van der Waals surface area contributed by atoms with E-state index in [-0.39, 0.29) is 35.2 Å². The molecule has 1 aliphatic carbocycles. The molecule has 0 amide bonds. The van der Waals surface area contributed by atoms with E-state index in [4.69, 9.17) is 25.8 Å². The molecule has 218 valence electrons. The molecule has 0 radical (unpaired) electrons. The Morgan fingerprint density at radius 1 is 1.12 bits per heavy atom. The molecule has 9 heteroatoms. The Labute approximate surface area is 238 Å². The predicted molar refractivity (Wildman–Crippen MR) is 147 cm³/mol. The Kier molecular flexibility index (Phi) is 8.31. The maximum absolute atomic E-state index is 12.8. The summed E-state index contributed by atoms with van der Waals surface area (Å²) in [6, 6.07) is 11.0. The number of aryl methyl sites for hydroxylation is 1. The fourth-order valence-electron chi connectivity index (χ4n) is 6.49. The standard InChI is InChI=1S/C31H37ClF3NO4/c1-19(29(37)38-3)28(22-5-6-22)23-7-4-21-10-11-30(40-27(21)16-23)12-14-36(15-13-30)20(2)25-17-24(32)8-9-26(25)39-18-31(33,34)35/h4,7-9,16-17,19-20,22,28H,5-6,10-15,18H2,1-3H3/t19-,20?,28-/m0/s1. The van der Waals surface area contributed by atoms with Gasteiger partial charge in [-0.3, -0.25) is 9.69 Å². The zero-order valence-corrected chi connectivity index (χ0v) is 24.0. The number of nitrogens with zero attached hydrogens (tertiary/aromatic N) is 1. The van der Waals surface area contributed by atoms with Crippen molar-refractivity contribution in [2.45, 2.75) is 76.1 Å². The highest BCUT2D eigenvalue weighted by Crippen LogP contribution is 2.49. The first kappa shape index (κ1) is 29.1. The first-order chi connectivity index (χ1) is 19.0. The molecule has 1 saturated carbocycles. The minimum Gasteiger partial charge on any atom is -0.487 e. The Morgan fingerprint density at radius 3 is 2.50 bits per heavy atom. The highest BCUT2D eigenvalue weighted by molar-refractivity contribution is 6.30. The maximum atomic E-state index is 12.8. The van der Waals surface area contributed by atoms with Gasteiger partial charge in [-0.15, -0.1) is 0 Å². The van der Waals surface area contributed by atoms with Crippen LogP contribution in [0.15, 0.2) is 36.4 Å². The number of piperidine rings is 1. The van der Waals surface area contributed by atoms with Crippen molar-refractivity contribution < 1.29 is 32.2 Å². The molecule has 1 saturated heterocycles. The minimum absolute atomic E-state index is 0.119. The molecule has 5 nitrogen and oxygen atoms in total. The molecule has 0 aromatic heterocycles. The van der Waals surface area contributed by atoms with Gasteiger partial charge in [-0.2, -0.15) is 13.2 Å². The third kappa shape index (κ3) is 6.38. The van der Waals surface area contributed by atoms with Crippen LogP contribution in [-0.4, -0.2) is 49.5 Å². The Balaban J connectivity index is 1.28. The molecule has 3 atom stereocenters. The number of esters is 1. The van der Waals surface area contributed by atoms with Crippen LogP contribution in [0.25, 0.3) is 0 Å². The summed E-state index contributed by atoms with van der Waals surface area (Å²) in [6.07, 6.45) is 1.30. The summed E-state index contributed by atoms with van der Waals surface area (Å²) in [6.45, 7) is 4.07. The van der Waals surface area contributed by atoms with Crippen LogP contribution >= 0.6 is 11.6 Å². The second kappa shape index (κ2) is 11.4. The maximum Gasteiger partial charge on any atom is 0.422 e. The third-order valence-corrected chi connectivity index (χ3v) is 9.20. The molecule has 2 aromatic carbocycles. The van der Waals surface area contributed by atoms with Crippen LogP contribution in [0.2, 0.25) is 5.02 Å². The zero-order valence-electron chi connectivity index (χ0n) is 23.2. The first-order valence-corrected chi connectivity index (χ1v) is 14.5. The van der Waals surface area contributed by atoms with Crippen LogP contribution in [0, 0.1) is 11.8 Å². The molecule has 2 aliphatic heterocycles. The molecule has 5 rings (SSSR count). The lowest BCUT2D eigenvalue weighted by molar-refractivity contribution is -0.153. The summed E-state index contributed by atoms with van der Waals surface area (Å²) in [5.41, 5.74) is 2.69. The van der Waals surface area contributed by atoms with Crippen molar-refractivity contribution in [1.29, 1.82) is 0 Å². The number of likely N-dealkylation sites (tertiary alicyclic amines) is 1. The summed E-state index contributed by atoms with van der Waals surface area (Å²) in [4.78, 5) is 14.6. The van der Waals surface area contributed by atoms with Gasteiger partial charge in [0.05, 0.1) is 13.0 Å². The minimum atomic E-state index is -4.41. The summed E-state index contributed by atoms with van der Waals surface area (Å²) in [5.74, 6) is 1.33. The number of carbonyl (C=O) groups is 1. The fraction of sp³-hybridized carbons (Fsp3) is 0.581. The molecule has 1 spiro atoms. The lowest BCUT2D eigenvalue weighted by atomic mass is 9.80. The Bertz CT molecular complexity index is 1220. The number of carbonyl (C=O) groups excluding carboxylic acids is 1. The Morgan fingerprint density at radius 2 is 1.85 bits per heavy atom. The lowest BCUT2D eigenvalue weighted by Crippen LogP contribution is -2.50. The number of benzene rings is 2. The van der Waals surface area contributed by atoms with Crippen LogP contribution in [0.3, 0.4) is 0 Å². The molecule has 2 heterocycles. The van der Waals surface area contributed by atoms with E-state index < -0.39 is 12.8 Å². The van der Waals surface area contributed by atoms with E-state index in [1.165, 1.54) is 18.7 Å². The number of hydrogen-bond acceptors (Lipinski definition) is 5. The molecular formula is C31H37ClF3NO4. The summed E-state index contributed by atoms with van der Waals surface area (Å²) in [5, 5.41) is 0.462. The third-order valence-electron chi connectivity index (χ3n) is 8.96. The van der Waals surface area contributed by atoms with Crippen LogP contribution in [0.1, 0.15) is 74.6 Å². The highest BCUT2D eigenvalue weighted by Gasteiger charge is 2.43. The van der Waals surface area contributed by atoms with E-state index >= 15 is 0 Å². The van der Waals surface area contributed by atoms with Crippen molar-refractivity contribution >= 4 is 17.6 Å². The average molecular weight is 580 g/mol. The van der Waals surface area contributed by atoms with Gasteiger partial charge in [-0.1, -0.05) is 30.7 Å². The fourth-order valence-corrected chi connectivity index (χ4v) is 6.67. The first-order valence-electron chi connectivity index (χ1n) is 14.1. The quantitative estimate of drug-likeness (QED) is 0.303. The van der Waals surface area contributed by atoms with Gasteiger partial charge in [0.2, 0.25) is 0 Å². The molecule has 2 aromatic rings. The van der Waals surface area contributed by atoms with Gasteiger partial charge < -0.3 is 14.2 Å². The van der Waals surface area contributed by atoms with Gasteiger partial charge in [0.1, 0.15) is 17.1 Å². The molecule has 40 heavy (non-hydrogen) atoms. The van der Waals surface area contributed by atoms with E-state index in [2.05, 4.69) is 23.1 Å². The number of methoxy groups -OCH3 is 1. The monoisotopic (exact) mass is 579 g/mol. The second-order valence-electron chi connectivity index (χ2n) is 11.6. The van der Waals surface area contributed by atoms with Crippen LogP contribution in [0.5, 0.6) is 11.5 Å². The van der Waals surface area contributed by atoms with Crippen LogP contribution in [0.4, 0.5) is 13.2 Å². The number of halogens is 4. The molecule has 1 unspecified atom stereocenters. The summed E-state index contributed by atoms with van der Waals surface area (Å²) in [7, 11) is 1.44. The molecule has 3 aliphatic rings. The van der Waals surface area contributed by atoms with E-state index in [1.54, 1.807) is 12.1 Å². The lowest BCUT2D eigenvalue weighted by Gasteiger charge is -2.46. The second-order valence-corrected chi connectivity index (χ2v) is 12.1. The summed E-state index contributed by atoms with van der Waals surface area (Å²) < 4.78 is 55.4. The van der Waals surface area contributed by atoms with E-state index in [9.17, 15) is 18.0 Å². The van der Waals surface area contributed by atoms with Crippen LogP contribution in [-0.2, 0) is 16.0 Å². The average Bonchev–Trinajstić information content (AvgIpc) is 3.76. The SMILES string of the molecule is COC(=O)[C@@H](C)[C@H](c1ccc2c(c1)OC1(CC2)CCN(C(C)c2cc(Cl)ccc2OCC(F)(F)F)CC1)C1CC1. The van der Waals surface area contributed by atoms with Gasteiger partial charge in [0.25, 0.3) is 0 Å². The molecule has 0 N–H and O–H groups in total. The van der Waals surface area contributed by atoms with Crippen molar-refractivity contribution in [2.24, 2.45) is 11.8 Å². The number of fused-ring (bicyclic) bond motifs is 1. The van der Waals surface area contributed by atoms with E-state index in [0.29, 0.717) is 16.5 Å². The van der Waals surface area contributed by atoms with Gasteiger partial charge >= 0.3 is 12.1 Å². The predicted octanol–water partition coefficient (Wildman–Crippen LogP) is 7.50. The van der Waals surface area contributed by atoms with E-state index in [1.807, 2.05) is 13.8 Å². The molecule has 0 bridgehead atoms. The van der Waals surface area contributed by atoms with E-state index in [0.717, 1.165) is 62.9 Å². The normalized spacial score (nSPS) is 21.2. The molecule has 2 fully saturated rings. The number of rotatable bonds is 8. The van der Waals surface area contributed by atoms with Crippen LogP contribution < -0.4 is 9.47 Å². The zero-order chi connectivity index (χ0) is 28.7. The Hall–Kier alpha value is -2.45. The van der Waals surface area contributed by atoms with Gasteiger partial charge in [-0.25, -0.2) is 0 Å². The smallest absolute Gasteiger partial charge is 0.422 e. The van der Waals surface area contributed by atoms with Crippen molar-refractivity contribution in [3.63, 3.8) is 0 Å². The van der Waals surface area contributed by atoms with Gasteiger partial charge in [0, 0.05) is 29.7 Å². The number of ether oxygens (including phenoxy) is 3. The molecular weight excluding hydrogens is 543 g/mol. The van der Waals surface area contributed by atoms with Crippen molar-refractivity contribution in [2.75, 3.05) is 26.8 Å².